The first-order valence-corrected chi connectivity index (χ1v) is 14.4. The van der Waals surface area contributed by atoms with E-state index in [0.29, 0.717) is 32.4 Å². The van der Waals surface area contributed by atoms with Crippen LogP contribution in [0.5, 0.6) is 5.75 Å². The van der Waals surface area contributed by atoms with Crippen molar-refractivity contribution in [3.63, 3.8) is 0 Å². The topological polar surface area (TPSA) is 129 Å². The number of benzene rings is 1. The summed E-state index contributed by atoms with van der Waals surface area (Å²) < 4.78 is 11.4. The molecule has 1 aromatic carbocycles. The molecule has 41 heavy (non-hydrogen) atoms. The molecule has 3 rings (SSSR count). The van der Waals surface area contributed by atoms with Gasteiger partial charge in [-0.3, -0.25) is 14.4 Å². The Balaban J connectivity index is 1.61. The number of hydrogen-bond donors (Lipinski definition) is 4. The lowest BCUT2D eigenvalue weighted by Crippen LogP contribution is -2.60. The maximum Gasteiger partial charge on any atom is 0.249 e. The molecule has 2 aliphatic rings. The zero-order valence-electron chi connectivity index (χ0n) is 24.8. The fourth-order valence-corrected chi connectivity index (χ4v) is 5.92. The summed E-state index contributed by atoms with van der Waals surface area (Å²) in [6, 6.07) is 5.05. The number of amides is 3. The van der Waals surface area contributed by atoms with Crippen molar-refractivity contribution in [2.45, 2.75) is 76.3 Å². The predicted octanol–water partition coefficient (Wildman–Crippen LogP) is 2.55. The van der Waals surface area contributed by atoms with Crippen LogP contribution in [0, 0.1) is 5.92 Å². The van der Waals surface area contributed by atoms with Crippen LogP contribution < -0.4 is 20.7 Å². The number of methoxy groups -OCH3 is 1. The van der Waals surface area contributed by atoms with E-state index in [4.69, 9.17) is 9.47 Å². The Hall–Kier alpha value is -3.21. The molecule has 4 N–H and O–H groups in total. The third-order valence-electron chi connectivity index (χ3n) is 8.30. The van der Waals surface area contributed by atoms with Gasteiger partial charge in [-0.05, 0) is 48.4 Å². The quantitative estimate of drug-likeness (QED) is 0.225. The van der Waals surface area contributed by atoms with Crippen LogP contribution >= 0.6 is 0 Å². The van der Waals surface area contributed by atoms with E-state index in [1.165, 1.54) is 11.8 Å². The summed E-state index contributed by atoms with van der Waals surface area (Å²) in [5.74, 6) is -0.244. The van der Waals surface area contributed by atoms with Gasteiger partial charge in [0.1, 0.15) is 17.3 Å². The molecular weight excluding hydrogens is 524 g/mol. The summed E-state index contributed by atoms with van der Waals surface area (Å²) in [5, 5.41) is 19.8. The van der Waals surface area contributed by atoms with Gasteiger partial charge in [-0.25, -0.2) is 0 Å². The van der Waals surface area contributed by atoms with Gasteiger partial charge in [-0.1, -0.05) is 38.5 Å². The number of fused-ring (bicyclic) bond motifs is 1. The van der Waals surface area contributed by atoms with Crippen molar-refractivity contribution >= 4 is 17.7 Å². The lowest BCUT2D eigenvalue weighted by Gasteiger charge is -2.35. The molecule has 0 bridgehead atoms. The Kier molecular flexibility index (Phi) is 11.5. The van der Waals surface area contributed by atoms with E-state index in [0.717, 1.165) is 16.9 Å². The molecular formula is C31H46N4O6. The van der Waals surface area contributed by atoms with Gasteiger partial charge in [-0.15, -0.1) is 13.2 Å². The number of carbonyl (C=O) groups excluding carboxylic acids is 3. The van der Waals surface area contributed by atoms with Crippen LogP contribution in [0.15, 0.2) is 43.5 Å². The number of hydrogen-bond acceptors (Lipinski definition) is 7. The zero-order valence-corrected chi connectivity index (χ0v) is 24.8. The van der Waals surface area contributed by atoms with E-state index in [1.54, 1.807) is 19.3 Å². The van der Waals surface area contributed by atoms with Gasteiger partial charge in [0.25, 0.3) is 0 Å². The highest BCUT2D eigenvalue weighted by Crippen LogP contribution is 2.42. The van der Waals surface area contributed by atoms with Crippen molar-refractivity contribution in [3.05, 3.63) is 54.6 Å². The van der Waals surface area contributed by atoms with Crippen LogP contribution in [0.25, 0.3) is 0 Å². The first-order valence-electron chi connectivity index (χ1n) is 14.4. The van der Waals surface area contributed by atoms with Crippen LogP contribution in [0.4, 0.5) is 0 Å². The summed E-state index contributed by atoms with van der Waals surface area (Å²) in [6.07, 6.45) is 4.45. The van der Waals surface area contributed by atoms with Crippen molar-refractivity contribution in [3.8, 4) is 5.75 Å². The van der Waals surface area contributed by atoms with E-state index in [2.05, 4.69) is 29.1 Å². The molecule has 1 aliphatic carbocycles. The van der Waals surface area contributed by atoms with Gasteiger partial charge in [-0.2, -0.15) is 0 Å². The lowest BCUT2D eigenvalue weighted by atomic mass is 9.81. The summed E-state index contributed by atoms with van der Waals surface area (Å²) >= 11 is 0. The molecule has 1 fully saturated rings. The molecule has 1 saturated heterocycles. The molecule has 10 heteroatoms. The van der Waals surface area contributed by atoms with Gasteiger partial charge in [0.05, 0.1) is 25.9 Å². The van der Waals surface area contributed by atoms with Crippen LogP contribution in [-0.2, 0) is 19.1 Å². The zero-order chi connectivity index (χ0) is 30.2. The minimum Gasteiger partial charge on any atom is -0.497 e. The molecule has 6 atom stereocenters. The van der Waals surface area contributed by atoms with Gasteiger partial charge in [0.2, 0.25) is 17.7 Å². The number of likely N-dealkylation sites (tertiary alicyclic amines) is 1. The molecule has 1 heterocycles. The number of carbonyl (C=O) groups is 3. The normalized spacial score (nSPS) is 23.8. The van der Waals surface area contributed by atoms with Gasteiger partial charge < -0.3 is 35.4 Å². The third kappa shape index (κ3) is 7.36. The molecule has 1 aliphatic heterocycles. The minimum absolute atomic E-state index is 0.0117. The average molecular weight is 571 g/mol. The molecule has 226 valence electrons. The van der Waals surface area contributed by atoms with Crippen molar-refractivity contribution in [1.29, 1.82) is 0 Å². The minimum atomic E-state index is -1.03. The van der Waals surface area contributed by atoms with E-state index in [-0.39, 0.29) is 55.3 Å². The van der Waals surface area contributed by atoms with E-state index in [9.17, 15) is 19.5 Å². The first-order chi connectivity index (χ1) is 19.6. The summed E-state index contributed by atoms with van der Waals surface area (Å²) in [4.78, 5) is 40.4. The van der Waals surface area contributed by atoms with Crippen molar-refractivity contribution in [2.75, 3.05) is 33.4 Å². The Morgan fingerprint density at radius 1 is 1.24 bits per heavy atom. The summed E-state index contributed by atoms with van der Waals surface area (Å²) in [6.45, 7) is 13.8. The second kappa shape index (κ2) is 14.6. The van der Waals surface area contributed by atoms with Gasteiger partial charge >= 0.3 is 0 Å². The molecule has 0 spiro atoms. The number of nitrogens with zero attached hydrogens (tertiary/aromatic N) is 1. The van der Waals surface area contributed by atoms with E-state index >= 15 is 0 Å². The van der Waals surface area contributed by atoms with Crippen LogP contribution in [-0.4, -0.2) is 78.8 Å². The number of rotatable bonds is 16. The standard InChI is InChI=1S/C31H46N4O6/c1-7-10-27(35-14-13-31(30(35)39,20(4)9-3)34-21(5)36)29(38)33-19-22(37)18-32-26-17-28(41-15-8-2)24-12-11-23(40-6)16-25(24)26/h7-8,11-12,16,20,22,26-28,32,37H,1-2,9-10,13-15,17-19H2,3-6H3,(H,33,38)(H,34,36)/t20-,22+,26-,27-,28+,31-/m0/s1. The highest BCUT2D eigenvalue weighted by molar-refractivity contribution is 5.96. The lowest BCUT2D eigenvalue weighted by molar-refractivity contribution is -0.143. The molecule has 0 aromatic heterocycles. The molecule has 1 aromatic rings. The average Bonchev–Trinajstić information content (AvgIpc) is 3.48. The maximum atomic E-state index is 13.6. The highest BCUT2D eigenvalue weighted by Gasteiger charge is 2.52. The van der Waals surface area contributed by atoms with Gasteiger partial charge in [0, 0.05) is 32.6 Å². The smallest absolute Gasteiger partial charge is 0.249 e. The van der Waals surface area contributed by atoms with Gasteiger partial charge in [0.15, 0.2) is 0 Å². The Morgan fingerprint density at radius 3 is 2.63 bits per heavy atom. The second-order valence-electron chi connectivity index (χ2n) is 11.0. The SMILES string of the molecule is C=CCO[C@@H]1C[C@H](NC[C@@H](O)CNC(=O)[C@H](CC=C)N2CC[C@](NC(C)=O)([C@@H](C)CC)C2=O)c2cc(OC)ccc21. The molecule has 3 amide bonds. The van der Waals surface area contributed by atoms with Crippen LogP contribution in [0.3, 0.4) is 0 Å². The molecule has 0 saturated carbocycles. The van der Waals surface area contributed by atoms with Crippen molar-refractivity contribution in [1.82, 2.24) is 20.9 Å². The Labute approximate surface area is 243 Å². The predicted molar refractivity (Wildman–Crippen MR) is 157 cm³/mol. The number of nitrogens with one attached hydrogen (secondary N) is 3. The molecule has 0 radical (unpaired) electrons. The fourth-order valence-electron chi connectivity index (χ4n) is 5.92. The maximum absolute atomic E-state index is 13.6. The second-order valence-corrected chi connectivity index (χ2v) is 11.0. The fraction of sp³-hybridized carbons (Fsp3) is 0.581. The van der Waals surface area contributed by atoms with Crippen LogP contribution in [0.1, 0.15) is 69.7 Å². The third-order valence-corrected chi connectivity index (χ3v) is 8.30. The largest absolute Gasteiger partial charge is 0.497 e. The molecule has 0 unspecified atom stereocenters. The first kappa shape index (κ1) is 32.3. The van der Waals surface area contributed by atoms with Crippen molar-refractivity contribution in [2.24, 2.45) is 5.92 Å². The van der Waals surface area contributed by atoms with E-state index < -0.39 is 17.7 Å². The van der Waals surface area contributed by atoms with E-state index in [1.807, 2.05) is 32.0 Å². The van der Waals surface area contributed by atoms with Crippen LogP contribution in [0.2, 0.25) is 0 Å². The highest BCUT2D eigenvalue weighted by atomic mass is 16.5. The Bertz CT molecular complexity index is 1110. The monoisotopic (exact) mass is 570 g/mol. The number of aliphatic hydroxyl groups excluding tert-OH is 1. The summed E-state index contributed by atoms with van der Waals surface area (Å²) in [5.41, 5.74) is 1.09. The number of ether oxygens (including phenoxy) is 2. The van der Waals surface area contributed by atoms with Crippen molar-refractivity contribution < 1.29 is 29.0 Å². The number of aliphatic hydroxyl groups is 1. The molecule has 10 nitrogen and oxygen atoms in total. The Morgan fingerprint density at radius 2 is 2.00 bits per heavy atom. The summed E-state index contributed by atoms with van der Waals surface area (Å²) in [7, 11) is 1.62.